The topological polar surface area (TPSA) is 20.2 Å². The zero-order valence-corrected chi connectivity index (χ0v) is 7.93. The third kappa shape index (κ3) is 7.60. The Balaban J connectivity index is 3.37. The van der Waals surface area contributed by atoms with Crippen LogP contribution in [0.15, 0.2) is 11.6 Å². The number of aliphatic hydroxyl groups is 1. The van der Waals surface area contributed by atoms with Crippen LogP contribution in [0.25, 0.3) is 0 Å². The average molecular weight is 156 g/mol. The van der Waals surface area contributed by atoms with Crippen molar-refractivity contribution in [3.05, 3.63) is 11.6 Å². The summed E-state index contributed by atoms with van der Waals surface area (Å²) in [5.41, 5.74) is 1.39. The van der Waals surface area contributed by atoms with Gasteiger partial charge in [0.1, 0.15) is 0 Å². The smallest absolute Gasteiger partial charge is 0.0431 e. The maximum atomic E-state index is 8.55. The summed E-state index contributed by atoms with van der Waals surface area (Å²) in [5, 5.41) is 8.55. The van der Waals surface area contributed by atoms with Crippen molar-refractivity contribution in [2.75, 3.05) is 6.61 Å². The summed E-state index contributed by atoms with van der Waals surface area (Å²) in [7, 11) is 0. The number of hydrogen-bond acceptors (Lipinski definition) is 1. The van der Waals surface area contributed by atoms with Crippen LogP contribution in [0.2, 0.25) is 0 Å². The van der Waals surface area contributed by atoms with Crippen LogP contribution in [-0.4, -0.2) is 11.7 Å². The first-order chi connectivity index (χ1) is 5.16. The third-order valence-corrected chi connectivity index (χ3v) is 1.69. The van der Waals surface area contributed by atoms with E-state index >= 15 is 0 Å². The fourth-order valence-corrected chi connectivity index (χ4v) is 1.23. The Labute approximate surface area is 70.1 Å². The zero-order chi connectivity index (χ0) is 8.69. The highest BCUT2D eigenvalue weighted by Gasteiger charge is 1.96. The van der Waals surface area contributed by atoms with E-state index < -0.39 is 0 Å². The lowest BCUT2D eigenvalue weighted by Gasteiger charge is -2.05. The van der Waals surface area contributed by atoms with Gasteiger partial charge in [0.05, 0.1) is 0 Å². The second kappa shape index (κ2) is 6.41. The summed E-state index contributed by atoms with van der Waals surface area (Å²) in [5.74, 6) is 0.673. The first-order valence-electron chi connectivity index (χ1n) is 4.42. The molecule has 0 aliphatic rings. The van der Waals surface area contributed by atoms with Gasteiger partial charge in [0.25, 0.3) is 0 Å². The molecule has 0 saturated carbocycles. The van der Waals surface area contributed by atoms with Crippen LogP contribution < -0.4 is 0 Å². The molecule has 0 radical (unpaired) electrons. The van der Waals surface area contributed by atoms with Crippen molar-refractivity contribution in [3.8, 4) is 0 Å². The number of hydrogen-bond donors (Lipinski definition) is 1. The molecule has 0 aromatic rings. The summed E-state index contributed by atoms with van der Waals surface area (Å²) in [6, 6.07) is 0. The summed E-state index contributed by atoms with van der Waals surface area (Å²) in [6.07, 6.45) is 5.57. The van der Waals surface area contributed by atoms with Crippen LogP contribution in [0.4, 0.5) is 0 Å². The van der Waals surface area contributed by atoms with E-state index in [2.05, 4.69) is 26.8 Å². The highest BCUT2D eigenvalue weighted by atomic mass is 16.2. The zero-order valence-electron chi connectivity index (χ0n) is 7.93. The van der Waals surface area contributed by atoms with Crippen LogP contribution in [-0.2, 0) is 0 Å². The van der Waals surface area contributed by atoms with Gasteiger partial charge in [-0.15, -0.1) is 0 Å². The molecule has 0 aliphatic carbocycles. The van der Waals surface area contributed by atoms with E-state index in [9.17, 15) is 0 Å². The number of unbranched alkanes of at least 4 members (excludes halogenated alkanes) is 1. The summed E-state index contributed by atoms with van der Waals surface area (Å²) in [6.45, 7) is 6.82. The van der Waals surface area contributed by atoms with Gasteiger partial charge in [-0.3, -0.25) is 0 Å². The van der Waals surface area contributed by atoms with Crippen molar-refractivity contribution in [1.29, 1.82) is 0 Å². The molecule has 0 spiro atoms. The van der Waals surface area contributed by atoms with Gasteiger partial charge in [0, 0.05) is 6.61 Å². The first kappa shape index (κ1) is 10.7. The number of aliphatic hydroxyl groups excluding tert-OH is 1. The van der Waals surface area contributed by atoms with E-state index in [1.165, 1.54) is 12.0 Å². The Hall–Kier alpha value is -0.300. The monoisotopic (exact) mass is 156 g/mol. The second-order valence-corrected chi connectivity index (χ2v) is 3.44. The lowest BCUT2D eigenvalue weighted by molar-refractivity contribution is 0.281. The van der Waals surface area contributed by atoms with Gasteiger partial charge < -0.3 is 5.11 Å². The molecule has 1 N–H and O–H groups in total. The normalized spacial score (nSPS) is 12.7. The fourth-order valence-electron chi connectivity index (χ4n) is 1.23. The van der Waals surface area contributed by atoms with Gasteiger partial charge in [-0.25, -0.2) is 0 Å². The fraction of sp³-hybridized carbons (Fsp3) is 0.800. The lowest BCUT2D eigenvalue weighted by Crippen LogP contribution is -1.92. The molecular formula is C10H20O. The minimum atomic E-state index is 0.335. The average Bonchev–Trinajstić information content (AvgIpc) is 1.86. The van der Waals surface area contributed by atoms with E-state index in [4.69, 9.17) is 5.11 Å². The minimum Gasteiger partial charge on any atom is -0.396 e. The summed E-state index contributed by atoms with van der Waals surface area (Å²) in [4.78, 5) is 0. The largest absolute Gasteiger partial charge is 0.396 e. The molecule has 0 unspecified atom stereocenters. The molecule has 0 fully saturated rings. The Morgan fingerprint density at radius 2 is 2.00 bits per heavy atom. The Morgan fingerprint density at radius 3 is 2.45 bits per heavy atom. The molecular weight excluding hydrogens is 136 g/mol. The quantitative estimate of drug-likeness (QED) is 0.479. The van der Waals surface area contributed by atoms with Crippen molar-refractivity contribution in [2.24, 2.45) is 5.92 Å². The van der Waals surface area contributed by atoms with Crippen molar-refractivity contribution in [1.82, 2.24) is 0 Å². The van der Waals surface area contributed by atoms with Crippen LogP contribution in [0.5, 0.6) is 0 Å². The van der Waals surface area contributed by atoms with Gasteiger partial charge in [0.15, 0.2) is 0 Å². The number of allylic oxidation sites excluding steroid dienone is 2. The molecule has 0 amide bonds. The van der Waals surface area contributed by atoms with Crippen LogP contribution in [0.3, 0.4) is 0 Å². The van der Waals surface area contributed by atoms with E-state index in [0.717, 1.165) is 12.8 Å². The van der Waals surface area contributed by atoms with Gasteiger partial charge in [-0.2, -0.15) is 0 Å². The summed E-state index contributed by atoms with van der Waals surface area (Å²) >= 11 is 0. The number of rotatable bonds is 5. The van der Waals surface area contributed by atoms with Crippen molar-refractivity contribution >= 4 is 0 Å². The van der Waals surface area contributed by atoms with Gasteiger partial charge in [0.2, 0.25) is 0 Å². The molecule has 0 bridgehead atoms. The molecule has 0 aromatic heterocycles. The predicted octanol–water partition coefficient (Wildman–Crippen LogP) is 2.75. The standard InChI is InChI=1S/C10H20O/c1-9(2)8-10(3)6-4-5-7-11/h8,10-11H,4-7H2,1-3H3/t10-/m0/s1. The SMILES string of the molecule is CC(C)=C[C@@H](C)CCCCO. The second-order valence-electron chi connectivity index (χ2n) is 3.44. The van der Waals surface area contributed by atoms with E-state index in [1.54, 1.807) is 0 Å². The van der Waals surface area contributed by atoms with E-state index in [1.807, 2.05) is 0 Å². The molecule has 0 saturated heterocycles. The van der Waals surface area contributed by atoms with Crippen molar-refractivity contribution in [2.45, 2.75) is 40.0 Å². The highest BCUT2D eigenvalue weighted by Crippen LogP contribution is 2.10. The molecule has 11 heavy (non-hydrogen) atoms. The Bertz CT molecular complexity index is 112. The first-order valence-corrected chi connectivity index (χ1v) is 4.42. The molecule has 0 aliphatic heterocycles. The van der Waals surface area contributed by atoms with Gasteiger partial charge in [-0.05, 0) is 32.6 Å². The molecule has 0 rings (SSSR count). The maximum absolute atomic E-state index is 8.55. The molecule has 0 aromatic carbocycles. The molecule has 1 heteroatoms. The van der Waals surface area contributed by atoms with Crippen molar-refractivity contribution in [3.63, 3.8) is 0 Å². The van der Waals surface area contributed by atoms with Crippen LogP contribution >= 0.6 is 0 Å². The van der Waals surface area contributed by atoms with Gasteiger partial charge in [-0.1, -0.05) is 25.0 Å². The Kier molecular flexibility index (Phi) is 6.24. The van der Waals surface area contributed by atoms with Crippen LogP contribution in [0, 0.1) is 5.92 Å². The van der Waals surface area contributed by atoms with Crippen molar-refractivity contribution < 1.29 is 5.11 Å². The maximum Gasteiger partial charge on any atom is 0.0431 e. The minimum absolute atomic E-state index is 0.335. The molecule has 1 nitrogen and oxygen atoms in total. The highest BCUT2D eigenvalue weighted by molar-refractivity contribution is 4.95. The lowest BCUT2D eigenvalue weighted by atomic mass is 10.0. The van der Waals surface area contributed by atoms with Crippen LogP contribution in [0.1, 0.15) is 40.0 Å². The predicted molar refractivity (Wildman–Crippen MR) is 49.5 cm³/mol. The molecule has 66 valence electrons. The van der Waals surface area contributed by atoms with E-state index in [0.29, 0.717) is 12.5 Å². The third-order valence-electron chi connectivity index (χ3n) is 1.69. The summed E-state index contributed by atoms with van der Waals surface area (Å²) < 4.78 is 0. The van der Waals surface area contributed by atoms with Gasteiger partial charge >= 0.3 is 0 Å². The van der Waals surface area contributed by atoms with E-state index in [-0.39, 0.29) is 0 Å². The molecule has 0 heterocycles. The molecule has 1 atom stereocenters. The Morgan fingerprint density at radius 1 is 1.36 bits per heavy atom.